The molecule has 0 aromatic rings. The van der Waals surface area contributed by atoms with Crippen molar-refractivity contribution in [2.75, 3.05) is 0 Å². The molecular formula is HClO2Sn. The van der Waals surface area contributed by atoms with Gasteiger partial charge in [0.15, 0.2) is 0 Å². The van der Waals surface area contributed by atoms with Gasteiger partial charge in [0.1, 0.15) is 0 Å². The van der Waals surface area contributed by atoms with Crippen molar-refractivity contribution in [3.05, 3.63) is 0 Å². The third-order valence-corrected chi connectivity index (χ3v) is 0. The van der Waals surface area contributed by atoms with Gasteiger partial charge in [-0.2, -0.15) is 0 Å². The molecule has 1 N–H and O–H groups in total. The molecule has 0 amide bonds. The number of rotatable bonds is 0. The van der Waals surface area contributed by atoms with Crippen LogP contribution in [0.4, 0.5) is 0 Å². The Labute approximate surface area is 34.8 Å². The van der Waals surface area contributed by atoms with E-state index in [-0.39, 0.29) is 0 Å². The molecule has 0 aromatic heterocycles. The van der Waals surface area contributed by atoms with Crippen LogP contribution in [-0.4, -0.2) is 22.5 Å². The summed E-state index contributed by atoms with van der Waals surface area (Å²) in [5.41, 5.74) is 0. The van der Waals surface area contributed by atoms with Crippen LogP contribution >= 0.6 is 8.92 Å². The molecule has 0 aliphatic carbocycles. The van der Waals surface area contributed by atoms with Gasteiger partial charge in [-0.15, -0.1) is 0 Å². The summed E-state index contributed by atoms with van der Waals surface area (Å²) in [6.07, 6.45) is 0. The van der Waals surface area contributed by atoms with Gasteiger partial charge in [0, 0.05) is 0 Å². The Balaban J connectivity index is 2.80. The normalized spacial score (nSPS) is 6.50. The van der Waals surface area contributed by atoms with E-state index in [9.17, 15) is 0 Å². The quantitative estimate of drug-likeness (QED) is 0.525. The summed E-state index contributed by atoms with van der Waals surface area (Å²) in [5, 5.41) is 0. The first-order chi connectivity index (χ1) is 1.73. The monoisotopic (exact) mass is 188 g/mol. The molecule has 4 heavy (non-hydrogen) atoms. The second-order valence-corrected chi connectivity index (χ2v) is 3.87. The van der Waals surface area contributed by atoms with Crippen LogP contribution in [0.15, 0.2) is 0 Å². The third-order valence-electron chi connectivity index (χ3n) is 0. The van der Waals surface area contributed by atoms with Crippen molar-refractivity contribution in [2.45, 2.75) is 0 Å². The first-order valence-electron chi connectivity index (χ1n) is 0.617. The Hall–Kier alpha value is 0.849. The molecule has 0 atom stereocenters. The summed E-state index contributed by atoms with van der Waals surface area (Å²) in [5.74, 6) is 0. The third kappa shape index (κ3) is 13.5. The van der Waals surface area contributed by atoms with E-state index in [1.807, 2.05) is 0 Å². The fourth-order valence-electron chi connectivity index (χ4n) is 0. The van der Waals surface area contributed by atoms with Gasteiger partial charge in [-0.25, -0.2) is 0 Å². The molecule has 0 aliphatic rings. The topological polar surface area (TPSA) is 37.3 Å². The second-order valence-electron chi connectivity index (χ2n) is 0.253. The molecule has 24 valence electrons. The van der Waals surface area contributed by atoms with E-state index in [0.717, 1.165) is 0 Å². The molecule has 0 radical (unpaired) electrons. The van der Waals surface area contributed by atoms with Gasteiger partial charge in [-0.05, 0) is 0 Å². The van der Waals surface area contributed by atoms with E-state index >= 15 is 0 Å². The number of hydrogen-bond acceptors (Lipinski definition) is 1. The zero-order valence-electron chi connectivity index (χ0n) is 1.73. The van der Waals surface area contributed by atoms with Gasteiger partial charge >= 0.3 is 34.5 Å². The van der Waals surface area contributed by atoms with Crippen LogP contribution in [0.1, 0.15) is 0 Å². The molecule has 0 spiro atoms. The van der Waals surface area contributed by atoms with E-state index in [1.165, 1.54) is 0 Å². The Morgan fingerprint density at radius 1 is 2.00 bits per heavy atom. The van der Waals surface area contributed by atoms with Crippen LogP contribution < -0.4 is 0 Å². The van der Waals surface area contributed by atoms with E-state index in [4.69, 9.17) is 6.52 Å². The van der Waals surface area contributed by atoms with Crippen molar-refractivity contribution in [3.8, 4) is 0 Å². The van der Waals surface area contributed by atoms with Crippen LogP contribution in [-0.2, 0) is 3.08 Å². The van der Waals surface area contributed by atoms with Crippen molar-refractivity contribution < 1.29 is 6.52 Å². The van der Waals surface area contributed by atoms with Crippen LogP contribution in [0.25, 0.3) is 0 Å². The van der Waals surface area contributed by atoms with Gasteiger partial charge in [-0.3, -0.25) is 0 Å². The van der Waals surface area contributed by atoms with Gasteiger partial charge in [0.2, 0.25) is 0 Å². The summed E-state index contributed by atoms with van der Waals surface area (Å²) in [6.45, 7) is 0. The second kappa shape index (κ2) is 2.11. The average molecular weight is 187 g/mol. The van der Waals surface area contributed by atoms with E-state index in [0.29, 0.717) is 0 Å². The molecule has 0 rings (SSSR count). The Bertz CT molecular complexity index is 29.0. The van der Waals surface area contributed by atoms with Crippen LogP contribution in [0.5, 0.6) is 0 Å². The molecule has 0 saturated heterocycles. The average Bonchev–Trinajstić information content (AvgIpc) is 0.811. The van der Waals surface area contributed by atoms with Crippen molar-refractivity contribution in [3.63, 3.8) is 0 Å². The fourth-order valence-corrected chi connectivity index (χ4v) is 0. The number of halogens is 1. The predicted octanol–water partition coefficient (Wildman–Crippen LogP) is -0.367. The van der Waals surface area contributed by atoms with E-state index in [2.05, 4.69) is 8.92 Å². The molecule has 4 heteroatoms. The first kappa shape index (κ1) is 4.85. The molecule has 0 fully saturated rings. The van der Waals surface area contributed by atoms with Gasteiger partial charge in [-0.1, -0.05) is 0 Å². The molecule has 0 aromatic carbocycles. The predicted molar refractivity (Wildman–Crippen MR) is 14.5 cm³/mol. The molecule has 0 aliphatic heterocycles. The summed E-state index contributed by atoms with van der Waals surface area (Å²) in [6, 6.07) is 0. The van der Waals surface area contributed by atoms with Gasteiger partial charge < -0.3 is 0 Å². The van der Waals surface area contributed by atoms with Gasteiger partial charge in [0.25, 0.3) is 0 Å². The molecule has 0 saturated carbocycles. The summed E-state index contributed by atoms with van der Waals surface area (Å²) in [4.78, 5) is 0. The Morgan fingerprint density at radius 2 is 2.00 bits per heavy atom. The standard InChI is InChI=1S/ClH.H2O.O.Sn/h1H;1H2;;/q;;;+2/p-2. The molecule has 0 heterocycles. The summed E-state index contributed by atoms with van der Waals surface area (Å²) >= 11 is -3.32. The minimum atomic E-state index is -3.32. The van der Waals surface area contributed by atoms with Crippen LogP contribution in [0.2, 0.25) is 0 Å². The zero-order valence-corrected chi connectivity index (χ0v) is 5.34. The summed E-state index contributed by atoms with van der Waals surface area (Å²) < 4.78 is 16.5. The molecule has 2 nitrogen and oxygen atoms in total. The maximum absolute atomic E-state index is 9.05. The molecule has 0 unspecified atom stereocenters. The maximum atomic E-state index is 9.05. The summed E-state index contributed by atoms with van der Waals surface area (Å²) in [7, 11) is 4.47. The molecular weight excluding hydrogens is 186 g/mol. The van der Waals surface area contributed by atoms with Crippen molar-refractivity contribution in [1.82, 2.24) is 0 Å². The molecule has 0 bridgehead atoms. The number of hydrogen-bond donors (Lipinski definition) is 1. The zero-order chi connectivity index (χ0) is 3.58. The van der Waals surface area contributed by atoms with E-state index < -0.39 is 19.0 Å². The van der Waals surface area contributed by atoms with E-state index in [1.54, 1.807) is 0 Å². The Kier molecular flexibility index (Phi) is 2.56. The van der Waals surface area contributed by atoms with Crippen LogP contribution in [0, 0.1) is 0 Å². The van der Waals surface area contributed by atoms with Crippen molar-refractivity contribution >= 4 is 28.0 Å². The van der Waals surface area contributed by atoms with Gasteiger partial charge in [0.05, 0.1) is 0 Å². The fraction of sp³-hybridized carbons (Fsp3) is 0. The SMILES string of the molecule is [O]=[Sn]([OH])[Cl]. The minimum absolute atomic E-state index is 3.32. The van der Waals surface area contributed by atoms with Crippen LogP contribution in [0.3, 0.4) is 0 Å². The van der Waals surface area contributed by atoms with Crippen molar-refractivity contribution in [1.29, 1.82) is 0 Å². The van der Waals surface area contributed by atoms with Crippen molar-refractivity contribution in [2.24, 2.45) is 0 Å². The first-order valence-corrected chi connectivity index (χ1v) is 6.67. The Morgan fingerprint density at radius 3 is 2.00 bits per heavy atom.